The van der Waals surface area contributed by atoms with Gasteiger partial charge in [0.2, 0.25) is 5.91 Å². The first-order chi connectivity index (χ1) is 5.74. The average molecular weight is 164 g/mol. The molecule has 1 rings (SSSR count). The number of amides is 1. The minimum Gasteiger partial charge on any atom is -0.369 e. The van der Waals surface area contributed by atoms with Crippen LogP contribution in [0.25, 0.3) is 0 Å². The summed E-state index contributed by atoms with van der Waals surface area (Å²) in [6.45, 7) is 2.01. The van der Waals surface area contributed by atoms with Gasteiger partial charge in [0.1, 0.15) is 0 Å². The summed E-state index contributed by atoms with van der Waals surface area (Å²) in [7, 11) is 0. The molecule has 1 amide bonds. The Morgan fingerprint density at radius 3 is 3.00 bits per heavy atom. The number of nitrogens with zero attached hydrogens (tertiary/aromatic N) is 1. The molecule has 64 valence electrons. The fourth-order valence-electron chi connectivity index (χ4n) is 1.14. The minimum absolute atomic E-state index is 0.289. The maximum atomic E-state index is 10.6. The van der Waals surface area contributed by atoms with Gasteiger partial charge in [-0.05, 0) is 18.1 Å². The Bertz CT molecular complexity index is 284. The van der Waals surface area contributed by atoms with Gasteiger partial charge in [-0.15, -0.1) is 0 Å². The Kier molecular flexibility index (Phi) is 2.80. The van der Waals surface area contributed by atoms with Crippen LogP contribution in [-0.4, -0.2) is 10.9 Å². The number of primary amides is 1. The van der Waals surface area contributed by atoms with Gasteiger partial charge in [0.25, 0.3) is 0 Å². The van der Waals surface area contributed by atoms with Crippen molar-refractivity contribution in [2.75, 3.05) is 0 Å². The average Bonchev–Trinajstić information content (AvgIpc) is 2.04. The van der Waals surface area contributed by atoms with Crippen molar-refractivity contribution < 1.29 is 4.79 Å². The molecule has 3 nitrogen and oxygen atoms in total. The number of rotatable bonds is 3. The summed E-state index contributed by atoms with van der Waals surface area (Å²) in [6.07, 6.45) is 2.85. The number of carbonyl (C=O) groups excluding carboxylic acids is 1. The summed E-state index contributed by atoms with van der Waals surface area (Å²) >= 11 is 0. The van der Waals surface area contributed by atoms with E-state index in [2.05, 4.69) is 4.98 Å². The highest BCUT2D eigenvalue weighted by Gasteiger charge is 2.03. The quantitative estimate of drug-likeness (QED) is 0.713. The molecule has 3 heteroatoms. The largest absolute Gasteiger partial charge is 0.369 e. The molecule has 1 aromatic heterocycles. The second-order valence-corrected chi connectivity index (χ2v) is 2.61. The smallest absolute Gasteiger partial charge is 0.221 e. The van der Waals surface area contributed by atoms with Crippen LogP contribution in [0.15, 0.2) is 18.3 Å². The summed E-state index contributed by atoms with van der Waals surface area (Å²) in [6, 6.07) is 3.70. The Balaban J connectivity index is 2.89. The van der Waals surface area contributed by atoms with Crippen molar-refractivity contribution in [3.63, 3.8) is 0 Å². The molecule has 0 atom stereocenters. The van der Waals surface area contributed by atoms with E-state index in [0.29, 0.717) is 0 Å². The summed E-state index contributed by atoms with van der Waals surface area (Å²) in [5.74, 6) is -0.308. The number of nitrogens with two attached hydrogens (primary N) is 1. The maximum Gasteiger partial charge on any atom is 0.221 e. The number of aryl methyl sites for hydroxylation is 1. The Hall–Kier alpha value is -1.38. The fraction of sp³-hybridized carbons (Fsp3) is 0.333. The first kappa shape index (κ1) is 8.71. The summed E-state index contributed by atoms with van der Waals surface area (Å²) in [5, 5.41) is 0. The second kappa shape index (κ2) is 3.85. The molecule has 0 aromatic carbocycles. The van der Waals surface area contributed by atoms with E-state index in [-0.39, 0.29) is 12.3 Å². The van der Waals surface area contributed by atoms with Crippen molar-refractivity contribution in [2.24, 2.45) is 5.73 Å². The fourth-order valence-corrected chi connectivity index (χ4v) is 1.14. The van der Waals surface area contributed by atoms with Crippen LogP contribution in [0.5, 0.6) is 0 Å². The van der Waals surface area contributed by atoms with Gasteiger partial charge in [0.15, 0.2) is 0 Å². The lowest BCUT2D eigenvalue weighted by Gasteiger charge is -2.02. The van der Waals surface area contributed by atoms with Gasteiger partial charge in [0, 0.05) is 11.9 Å². The molecule has 0 saturated heterocycles. The molecule has 12 heavy (non-hydrogen) atoms. The van der Waals surface area contributed by atoms with Crippen LogP contribution in [-0.2, 0) is 17.6 Å². The molecule has 1 heterocycles. The number of aromatic nitrogens is 1. The minimum atomic E-state index is -0.308. The molecule has 0 unspecified atom stereocenters. The normalized spacial score (nSPS) is 9.75. The van der Waals surface area contributed by atoms with Crippen molar-refractivity contribution in [3.8, 4) is 0 Å². The van der Waals surface area contributed by atoms with Crippen LogP contribution in [0.3, 0.4) is 0 Å². The lowest BCUT2D eigenvalue weighted by molar-refractivity contribution is -0.117. The van der Waals surface area contributed by atoms with Crippen LogP contribution >= 0.6 is 0 Å². The zero-order chi connectivity index (χ0) is 8.97. The molecule has 1 aromatic rings. The lowest BCUT2D eigenvalue weighted by atomic mass is 10.1. The molecule has 0 aliphatic heterocycles. The van der Waals surface area contributed by atoms with Gasteiger partial charge in [-0.1, -0.05) is 13.0 Å². The van der Waals surface area contributed by atoms with E-state index in [9.17, 15) is 4.79 Å². The van der Waals surface area contributed by atoms with E-state index in [1.54, 1.807) is 6.20 Å². The van der Waals surface area contributed by atoms with E-state index in [1.807, 2.05) is 19.1 Å². The highest BCUT2D eigenvalue weighted by molar-refractivity contribution is 5.76. The molecular weight excluding hydrogens is 152 g/mol. The monoisotopic (exact) mass is 164 g/mol. The van der Waals surface area contributed by atoms with Crippen LogP contribution in [0.2, 0.25) is 0 Å². The predicted molar refractivity (Wildman–Crippen MR) is 46.5 cm³/mol. The molecule has 2 N–H and O–H groups in total. The Morgan fingerprint density at radius 2 is 2.42 bits per heavy atom. The van der Waals surface area contributed by atoms with Gasteiger partial charge in [0.05, 0.1) is 6.42 Å². The number of pyridine rings is 1. The summed E-state index contributed by atoms with van der Waals surface area (Å²) in [4.78, 5) is 14.8. The maximum absolute atomic E-state index is 10.6. The second-order valence-electron chi connectivity index (χ2n) is 2.61. The topological polar surface area (TPSA) is 56.0 Å². The lowest BCUT2D eigenvalue weighted by Crippen LogP contribution is -2.15. The van der Waals surface area contributed by atoms with Crippen molar-refractivity contribution in [3.05, 3.63) is 29.6 Å². The number of hydrogen-bond donors (Lipinski definition) is 1. The number of hydrogen-bond acceptors (Lipinski definition) is 2. The molecule has 0 spiro atoms. The zero-order valence-electron chi connectivity index (χ0n) is 7.08. The van der Waals surface area contributed by atoms with Gasteiger partial charge >= 0.3 is 0 Å². The first-order valence-corrected chi connectivity index (χ1v) is 3.95. The summed E-state index contributed by atoms with van der Waals surface area (Å²) < 4.78 is 0. The SMILES string of the molecule is CCc1ncccc1CC(N)=O. The number of carbonyl (C=O) groups is 1. The Labute approximate surface area is 71.6 Å². The summed E-state index contributed by atoms with van der Waals surface area (Å²) in [5.41, 5.74) is 6.97. The molecule has 0 aliphatic rings. The first-order valence-electron chi connectivity index (χ1n) is 3.95. The third-order valence-electron chi connectivity index (χ3n) is 1.68. The molecule has 0 radical (unpaired) electrons. The van der Waals surface area contributed by atoms with Crippen LogP contribution < -0.4 is 5.73 Å². The van der Waals surface area contributed by atoms with Crippen LogP contribution in [0.1, 0.15) is 18.2 Å². The highest BCUT2D eigenvalue weighted by atomic mass is 16.1. The van der Waals surface area contributed by atoms with Gasteiger partial charge in [-0.25, -0.2) is 0 Å². The van der Waals surface area contributed by atoms with Crippen molar-refractivity contribution >= 4 is 5.91 Å². The zero-order valence-corrected chi connectivity index (χ0v) is 7.08. The van der Waals surface area contributed by atoms with Crippen LogP contribution in [0, 0.1) is 0 Å². The molecule has 0 bridgehead atoms. The van der Waals surface area contributed by atoms with Crippen molar-refractivity contribution in [1.29, 1.82) is 0 Å². The third-order valence-corrected chi connectivity index (χ3v) is 1.68. The Morgan fingerprint density at radius 1 is 1.67 bits per heavy atom. The standard InChI is InChI=1S/C9H12N2O/c1-2-8-7(6-9(10)12)4-3-5-11-8/h3-5H,2,6H2,1H3,(H2,10,12). The van der Waals surface area contributed by atoms with E-state index in [4.69, 9.17) is 5.73 Å². The van der Waals surface area contributed by atoms with E-state index >= 15 is 0 Å². The van der Waals surface area contributed by atoms with Gasteiger partial charge < -0.3 is 5.73 Å². The third kappa shape index (κ3) is 2.05. The molecule has 0 aliphatic carbocycles. The van der Waals surface area contributed by atoms with E-state index < -0.39 is 0 Å². The molecule has 0 saturated carbocycles. The molecular formula is C9H12N2O. The predicted octanol–water partition coefficient (Wildman–Crippen LogP) is 0.672. The van der Waals surface area contributed by atoms with Crippen LogP contribution in [0.4, 0.5) is 0 Å². The van der Waals surface area contributed by atoms with Crippen molar-refractivity contribution in [1.82, 2.24) is 4.98 Å². The van der Waals surface area contributed by atoms with E-state index in [1.165, 1.54) is 0 Å². The van der Waals surface area contributed by atoms with E-state index in [0.717, 1.165) is 17.7 Å². The van der Waals surface area contributed by atoms with Gasteiger partial charge in [-0.2, -0.15) is 0 Å². The molecule has 0 fully saturated rings. The van der Waals surface area contributed by atoms with Crippen molar-refractivity contribution in [2.45, 2.75) is 19.8 Å². The highest BCUT2D eigenvalue weighted by Crippen LogP contribution is 2.05. The van der Waals surface area contributed by atoms with Gasteiger partial charge in [-0.3, -0.25) is 9.78 Å².